The minimum atomic E-state index is -4.14. The highest BCUT2D eigenvalue weighted by atomic mass is 19.4. The van der Waals surface area contributed by atoms with Gasteiger partial charge in [0.05, 0.1) is 6.61 Å². The molecule has 0 saturated carbocycles. The van der Waals surface area contributed by atoms with Gasteiger partial charge in [-0.15, -0.1) is 0 Å². The average Bonchev–Trinajstić information content (AvgIpc) is 2.72. The minimum absolute atomic E-state index is 0.0462. The second-order valence-electron chi connectivity index (χ2n) is 6.83. The Morgan fingerprint density at radius 2 is 1.38 bits per heavy atom. The number of halogens is 3. The zero-order valence-electron chi connectivity index (χ0n) is 16.2. The third-order valence-electron chi connectivity index (χ3n) is 4.45. The third kappa shape index (κ3) is 6.31. The van der Waals surface area contributed by atoms with Crippen LogP contribution in [0.25, 0.3) is 22.5 Å². The maximum Gasteiger partial charge on any atom is 0.389 e. The lowest BCUT2D eigenvalue weighted by Gasteiger charge is -2.09. The number of rotatable bonds is 8. The third-order valence-corrected chi connectivity index (χ3v) is 4.45. The number of ether oxygens (including phenoxy) is 1. The molecular formula is C23H23F3N2O. The van der Waals surface area contributed by atoms with Crippen molar-refractivity contribution >= 4 is 0 Å². The number of aromatic nitrogens is 2. The van der Waals surface area contributed by atoms with Crippen LogP contribution in [0.4, 0.5) is 13.2 Å². The largest absolute Gasteiger partial charge is 0.494 e. The van der Waals surface area contributed by atoms with Crippen LogP contribution in [0.5, 0.6) is 5.75 Å². The quantitative estimate of drug-likeness (QED) is 0.406. The number of aryl methyl sites for hydroxylation is 1. The monoisotopic (exact) mass is 400 g/mol. The molecule has 0 amide bonds. The molecule has 0 aliphatic rings. The molecule has 0 spiro atoms. The Labute approximate surface area is 168 Å². The predicted molar refractivity (Wildman–Crippen MR) is 108 cm³/mol. The number of hydrogen-bond acceptors (Lipinski definition) is 3. The van der Waals surface area contributed by atoms with Crippen molar-refractivity contribution in [3.8, 4) is 28.3 Å². The van der Waals surface area contributed by atoms with Gasteiger partial charge in [-0.2, -0.15) is 13.2 Å². The first-order valence-electron chi connectivity index (χ1n) is 9.66. The normalized spacial score (nSPS) is 11.4. The molecule has 0 aliphatic heterocycles. The van der Waals surface area contributed by atoms with Crippen LogP contribution in [-0.4, -0.2) is 22.8 Å². The Morgan fingerprint density at radius 1 is 0.828 bits per heavy atom. The Morgan fingerprint density at radius 3 is 1.93 bits per heavy atom. The summed E-state index contributed by atoms with van der Waals surface area (Å²) in [5.74, 6) is 1.26. The van der Waals surface area contributed by atoms with Crippen LogP contribution in [0.3, 0.4) is 0 Å². The Hall–Kier alpha value is -2.89. The molecule has 29 heavy (non-hydrogen) atoms. The molecule has 0 bridgehead atoms. The summed E-state index contributed by atoms with van der Waals surface area (Å²) in [6.45, 7) is 2.17. The van der Waals surface area contributed by atoms with Crippen molar-refractivity contribution in [2.24, 2.45) is 0 Å². The summed E-state index contributed by atoms with van der Waals surface area (Å²) < 4.78 is 41.8. The fourth-order valence-electron chi connectivity index (χ4n) is 2.94. The summed E-state index contributed by atoms with van der Waals surface area (Å²) in [4.78, 5) is 8.87. The molecule has 2 aromatic carbocycles. The molecule has 1 aromatic heterocycles. The molecule has 0 saturated heterocycles. The van der Waals surface area contributed by atoms with Crippen molar-refractivity contribution in [2.45, 2.75) is 38.8 Å². The molecule has 3 rings (SSSR count). The Balaban J connectivity index is 1.59. The standard InChI is InChI=1S/C23H23F3N2O/c1-2-4-17-15-27-22(28-16-17)20-7-5-18(6-8-20)19-9-11-21(12-10-19)29-14-3-13-23(24,25)26/h5-12,15-16H,2-4,13-14H2,1H3. The molecule has 3 nitrogen and oxygen atoms in total. The van der Waals surface area contributed by atoms with Gasteiger partial charge >= 0.3 is 6.18 Å². The number of alkyl halides is 3. The van der Waals surface area contributed by atoms with Crippen LogP contribution >= 0.6 is 0 Å². The summed E-state index contributed by atoms with van der Waals surface area (Å²) in [7, 11) is 0. The number of nitrogens with zero attached hydrogens (tertiary/aromatic N) is 2. The van der Waals surface area contributed by atoms with Gasteiger partial charge in [0.1, 0.15) is 5.75 Å². The van der Waals surface area contributed by atoms with E-state index in [2.05, 4.69) is 16.9 Å². The first-order chi connectivity index (χ1) is 13.9. The van der Waals surface area contributed by atoms with Gasteiger partial charge in [-0.3, -0.25) is 0 Å². The Kier molecular flexibility index (Phi) is 6.86. The van der Waals surface area contributed by atoms with Gasteiger partial charge in [-0.05, 0) is 41.7 Å². The van der Waals surface area contributed by atoms with Crippen LogP contribution in [0.2, 0.25) is 0 Å². The minimum Gasteiger partial charge on any atom is -0.494 e. The molecule has 6 heteroatoms. The van der Waals surface area contributed by atoms with E-state index in [9.17, 15) is 13.2 Å². The van der Waals surface area contributed by atoms with Crippen molar-refractivity contribution in [1.29, 1.82) is 0 Å². The molecule has 0 radical (unpaired) electrons. The highest BCUT2D eigenvalue weighted by Gasteiger charge is 2.26. The lowest BCUT2D eigenvalue weighted by Crippen LogP contribution is -2.09. The van der Waals surface area contributed by atoms with E-state index in [1.54, 1.807) is 12.1 Å². The zero-order valence-corrected chi connectivity index (χ0v) is 16.2. The summed E-state index contributed by atoms with van der Waals surface area (Å²) in [6, 6.07) is 15.3. The van der Waals surface area contributed by atoms with Crippen LogP contribution < -0.4 is 4.74 Å². The molecular weight excluding hydrogens is 377 g/mol. The molecule has 0 fully saturated rings. The molecule has 0 unspecified atom stereocenters. The van der Waals surface area contributed by atoms with Crippen LogP contribution in [0.1, 0.15) is 31.7 Å². The van der Waals surface area contributed by atoms with Gasteiger partial charge in [0.25, 0.3) is 0 Å². The highest BCUT2D eigenvalue weighted by molar-refractivity contribution is 5.68. The predicted octanol–water partition coefficient (Wildman–Crippen LogP) is 6.48. The van der Waals surface area contributed by atoms with Crippen molar-refractivity contribution in [3.05, 3.63) is 66.5 Å². The molecule has 152 valence electrons. The van der Waals surface area contributed by atoms with Gasteiger partial charge in [-0.25, -0.2) is 9.97 Å². The Bertz CT molecular complexity index is 889. The SMILES string of the molecule is CCCc1cnc(-c2ccc(-c3ccc(OCCCC(F)(F)F)cc3)cc2)nc1. The van der Waals surface area contributed by atoms with E-state index >= 15 is 0 Å². The van der Waals surface area contributed by atoms with Gasteiger partial charge in [0.2, 0.25) is 0 Å². The van der Waals surface area contributed by atoms with E-state index in [4.69, 9.17) is 4.74 Å². The second kappa shape index (κ2) is 9.54. The van der Waals surface area contributed by atoms with Gasteiger partial charge in [0.15, 0.2) is 5.82 Å². The van der Waals surface area contributed by atoms with E-state index < -0.39 is 12.6 Å². The molecule has 3 aromatic rings. The lowest BCUT2D eigenvalue weighted by molar-refractivity contribution is -0.136. The van der Waals surface area contributed by atoms with Crippen LogP contribution in [0.15, 0.2) is 60.9 Å². The summed E-state index contributed by atoms with van der Waals surface area (Å²) >= 11 is 0. The summed E-state index contributed by atoms with van der Waals surface area (Å²) in [6.07, 6.45) is 0.759. The molecule has 0 aliphatic carbocycles. The van der Waals surface area contributed by atoms with E-state index in [1.807, 2.05) is 48.8 Å². The van der Waals surface area contributed by atoms with E-state index in [0.717, 1.165) is 35.1 Å². The van der Waals surface area contributed by atoms with Crippen molar-refractivity contribution in [1.82, 2.24) is 9.97 Å². The van der Waals surface area contributed by atoms with Crippen molar-refractivity contribution < 1.29 is 17.9 Å². The number of hydrogen-bond donors (Lipinski definition) is 0. The van der Waals surface area contributed by atoms with Crippen molar-refractivity contribution in [3.63, 3.8) is 0 Å². The van der Waals surface area contributed by atoms with Crippen molar-refractivity contribution in [2.75, 3.05) is 6.61 Å². The van der Waals surface area contributed by atoms with E-state index in [1.165, 1.54) is 0 Å². The summed E-state index contributed by atoms with van der Waals surface area (Å²) in [5, 5.41) is 0. The zero-order chi connectivity index (χ0) is 20.7. The van der Waals surface area contributed by atoms with E-state index in [0.29, 0.717) is 11.6 Å². The van der Waals surface area contributed by atoms with Crippen LogP contribution in [-0.2, 0) is 6.42 Å². The molecule has 0 N–H and O–H groups in total. The second-order valence-corrected chi connectivity index (χ2v) is 6.83. The maximum absolute atomic E-state index is 12.1. The van der Waals surface area contributed by atoms with Gasteiger partial charge in [-0.1, -0.05) is 49.7 Å². The molecule has 0 atom stereocenters. The topological polar surface area (TPSA) is 35.0 Å². The molecule has 1 heterocycles. The fraction of sp³-hybridized carbons (Fsp3) is 0.304. The van der Waals surface area contributed by atoms with Gasteiger partial charge < -0.3 is 4.74 Å². The number of benzene rings is 2. The van der Waals surface area contributed by atoms with E-state index in [-0.39, 0.29) is 13.0 Å². The summed E-state index contributed by atoms with van der Waals surface area (Å²) in [5.41, 5.74) is 4.10. The fourth-order valence-corrected chi connectivity index (χ4v) is 2.94. The smallest absolute Gasteiger partial charge is 0.389 e. The van der Waals surface area contributed by atoms with Crippen LogP contribution in [0, 0.1) is 0 Å². The first-order valence-corrected chi connectivity index (χ1v) is 9.66. The van der Waals surface area contributed by atoms with Gasteiger partial charge in [0, 0.05) is 24.4 Å². The highest BCUT2D eigenvalue weighted by Crippen LogP contribution is 2.26. The average molecular weight is 400 g/mol. The lowest BCUT2D eigenvalue weighted by atomic mass is 10.0. The first kappa shape index (κ1) is 20.8. The maximum atomic E-state index is 12.1.